The standard InChI is InChI=1S/C11H15N3O2/c1-14-8-5-10(16-3)9(15-2)4-7(8)13-11(14)6-12/h4-5H,6,12H2,1-3H3. The summed E-state index contributed by atoms with van der Waals surface area (Å²) >= 11 is 0. The van der Waals surface area contributed by atoms with Crippen LogP contribution in [-0.2, 0) is 13.6 Å². The molecule has 2 aromatic rings. The quantitative estimate of drug-likeness (QED) is 0.841. The molecule has 2 rings (SSSR count). The van der Waals surface area contributed by atoms with Gasteiger partial charge in [0.2, 0.25) is 0 Å². The van der Waals surface area contributed by atoms with Crippen molar-refractivity contribution in [1.82, 2.24) is 9.55 Å². The van der Waals surface area contributed by atoms with Gasteiger partial charge < -0.3 is 19.8 Å². The molecule has 0 saturated heterocycles. The summed E-state index contributed by atoms with van der Waals surface area (Å²) in [5.74, 6) is 2.21. The Kier molecular flexibility index (Phi) is 2.70. The molecule has 0 aliphatic heterocycles. The summed E-state index contributed by atoms with van der Waals surface area (Å²) in [5.41, 5.74) is 7.46. The van der Waals surface area contributed by atoms with Crippen LogP contribution in [0.25, 0.3) is 11.0 Å². The van der Waals surface area contributed by atoms with E-state index < -0.39 is 0 Å². The Bertz CT molecular complexity index is 519. The van der Waals surface area contributed by atoms with Crippen LogP contribution in [0.15, 0.2) is 12.1 Å². The van der Waals surface area contributed by atoms with Crippen LogP contribution >= 0.6 is 0 Å². The highest BCUT2D eigenvalue weighted by atomic mass is 16.5. The van der Waals surface area contributed by atoms with Crippen molar-refractivity contribution < 1.29 is 9.47 Å². The molecular formula is C11H15N3O2. The van der Waals surface area contributed by atoms with Crippen molar-refractivity contribution in [1.29, 1.82) is 0 Å². The Hall–Kier alpha value is -1.75. The number of hydrogen-bond acceptors (Lipinski definition) is 4. The zero-order valence-corrected chi connectivity index (χ0v) is 9.65. The van der Waals surface area contributed by atoms with E-state index in [-0.39, 0.29) is 0 Å². The lowest BCUT2D eigenvalue weighted by molar-refractivity contribution is 0.355. The average Bonchev–Trinajstić information content (AvgIpc) is 2.63. The van der Waals surface area contributed by atoms with Gasteiger partial charge in [0, 0.05) is 19.2 Å². The minimum atomic E-state index is 0.413. The fraction of sp³-hybridized carbons (Fsp3) is 0.364. The summed E-state index contributed by atoms with van der Waals surface area (Å²) in [6.45, 7) is 0.413. The van der Waals surface area contributed by atoms with Crippen LogP contribution in [0, 0.1) is 0 Å². The fourth-order valence-corrected chi connectivity index (χ4v) is 1.75. The molecule has 0 fully saturated rings. The lowest BCUT2D eigenvalue weighted by Gasteiger charge is -2.07. The number of imidazole rings is 1. The number of nitrogens with zero attached hydrogens (tertiary/aromatic N) is 2. The Balaban J connectivity index is 2.71. The number of rotatable bonds is 3. The van der Waals surface area contributed by atoms with Crippen LogP contribution in [0.2, 0.25) is 0 Å². The molecule has 0 atom stereocenters. The van der Waals surface area contributed by atoms with Crippen molar-refractivity contribution in [2.75, 3.05) is 14.2 Å². The second-order valence-electron chi connectivity index (χ2n) is 3.49. The second-order valence-corrected chi connectivity index (χ2v) is 3.49. The minimum absolute atomic E-state index is 0.413. The van der Waals surface area contributed by atoms with E-state index in [1.165, 1.54) is 0 Å². The maximum absolute atomic E-state index is 5.61. The van der Waals surface area contributed by atoms with Gasteiger partial charge in [-0.25, -0.2) is 4.98 Å². The summed E-state index contributed by atoms with van der Waals surface area (Å²) in [5, 5.41) is 0. The molecule has 0 aliphatic carbocycles. The third-order valence-electron chi connectivity index (χ3n) is 2.66. The Morgan fingerprint density at radius 1 is 1.25 bits per heavy atom. The van der Waals surface area contributed by atoms with E-state index in [2.05, 4.69) is 4.98 Å². The van der Waals surface area contributed by atoms with Crippen LogP contribution < -0.4 is 15.2 Å². The van der Waals surface area contributed by atoms with Gasteiger partial charge in [-0.2, -0.15) is 0 Å². The van der Waals surface area contributed by atoms with Crippen LogP contribution in [0.4, 0.5) is 0 Å². The second kappa shape index (κ2) is 4.02. The van der Waals surface area contributed by atoms with E-state index in [1.54, 1.807) is 14.2 Å². The lowest BCUT2D eigenvalue weighted by atomic mass is 10.2. The van der Waals surface area contributed by atoms with Crippen LogP contribution in [0.5, 0.6) is 11.5 Å². The molecule has 16 heavy (non-hydrogen) atoms. The molecule has 5 nitrogen and oxygen atoms in total. The SMILES string of the molecule is COc1cc2nc(CN)n(C)c2cc1OC. The van der Waals surface area contributed by atoms with Gasteiger partial charge in [-0.1, -0.05) is 0 Å². The molecule has 2 N–H and O–H groups in total. The molecule has 0 spiro atoms. The number of benzene rings is 1. The van der Waals surface area contributed by atoms with Gasteiger partial charge in [0.15, 0.2) is 11.5 Å². The van der Waals surface area contributed by atoms with E-state index in [4.69, 9.17) is 15.2 Å². The first kappa shape index (κ1) is 10.8. The van der Waals surface area contributed by atoms with Crippen molar-refractivity contribution in [2.45, 2.75) is 6.54 Å². The molecule has 0 amide bonds. The average molecular weight is 221 g/mol. The minimum Gasteiger partial charge on any atom is -0.493 e. The molecule has 1 heterocycles. The molecule has 0 bridgehead atoms. The molecule has 5 heteroatoms. The summed E-state index contributed by atoms with van der Waals surface area (Å²) in [4.78, 5) is 4.42. The van der Waals surface area contributed by atoms with Gasteiger partial charge in [-0.05, 0) is 0 Å². The zero-order chi connectivity index (χ0) is 11.7. The third kappa shape index (κ3) is 1.49. The Labute approximate surface area is 93.8 Å². The highest BCUT2D eigenvalue weighted by molar-refractivity contribution is 5.80. The van der Waals surface area contributed by atoms with E-state index >= 15 is 0 Å². The van der Waals surface area contributed by atoms with Gasteiger partial charge >= 0.3 is 0 Å². The molecule has 0 saturated carbocycles. The van der Waals surface area contributed by atoms with E-state index in [0.29, 0.717) is 18.0 Å². The third-order valence-corrected chi connectivity index (χ3v) is 2.66. The van der Waals surface area contributed by atoms with E-state index in [0.717, 1.165) is 16.9 Å². The highest BCUT2D eigenvalue weighted by Gasteiger charge is 2.11. The first-order chi connectivity index (χ1) is 7.71. The van der Waals surface area contributed by atoms with Gasteiger partial charge in [0.05, 0.1) is 31.8 Å². The van der Waals surface area contributed by atoms with Crippen molar-refractivity contribution in [3.63, 3.8) is 0 Å². The van der Waals surface area contributed by atoms with Gasteiger partial charge in [0.1, 0.15) is 5.82 Å². The Morgan fingerprint density at radius 3 is 2.44 bits per heavy atom. The first-order valence-electron chi connectivity index (χ1n) is 4.98. The zero-order valence-electron chi connectivity index (χ0n) is 9.65. The number of ether oxygens (including phenoxy) is 2. The first-order valence-corrected chi connectivity index (χ1v) is 4.98. The molecule has 0 radical (unpaired) electrons. The highest BCUT2D eigenvalue weighted by Crippen LogP contribution is 2.31. The number of hydrogen-bond donors (Lipinski definition) is 1. The molecule has 0 aliphatic rings. The van der Waals surface area contributed by atoms with E-state index in [9.17, 15) is 0 Å². The van der Waals surface area contributed by atoms with Crippen molar-refractivity contribution in [3.05, 3.63) is 18.0 Å². The number of fused-ring (bicyclic) bond motifs is 1. The summed E-state index contributed by atoms with van der Waals surface area (Å²) in [6, 6.07) is 3.76. The summed E-state index contributed by atoms with van der Waals surface area (Å²) in [7, 11) is 5.16. The summed E-state index contributed by atoms with van der Waals surface area (Å²) in [6.07, 6.45) is 0. The molecule has 86 valence electrons. The maximum atomic E-state index is 5.61. The number of aryl methyl sites for hydroxylation is 1. The summed E-state index contributed by atoms with van der Waals surface area (Å²) < 4.78 is 12.4. The number of aromatic nitrogens is 2. The van der Waals surface area contributed by atoms with Gasteiger partial charge in [-0.3, -0.25) is 0 Å². The predicted molar refractivity (Wildman–Crippen MR) is 61.7 cm³/mol. The molecule has 1 aromatic carbocycles. The van der Waals surface area contributed by atoms with Crippen LogP contribution in [0.3, 0.4) is 0 Å². The van der Waals surface area contributed by atoms with E-state index in [1.807, 2.05) is 23.7 Å². The van der Waals surface area contributed by atoms with Crippen LogP contribution in [0.1, 0.15) is 5.82 Å². The van der Waals surface area contributed by atoms with Crippen molar-refractivity contribution in [2.24, 2.45) is 12.8 Å². The van der Waals surface area contributed by atoms with Gasteiger partial charge in [-0.15, -0.1) is 0 Å². The normalized spacial score (nSPS) is 10.8. The Morgan fingerprint density at radius 2 is 1.88 bits per heavy atom. The maximum Gasteiger partial charge on any atom is 0.163 e. The number of methoxy groups -OCH3 is 2. The van der Waals surface area contributed by atoms with Crippen LogP contribution in [-0.4, -0.2) is 23.8 Å². The smallest absolute Gasteiger partial charge is 0.163 e. The topological polar surface area (TPSA) is 62.3 Å². The fourth-order valence-electron chi connectivity index (χ4n) is 1.75. The lowest BCUT2D eigenvalue weighted by Crippen LogP contribution is -2.04. The molecule has 0 unspecified atom stereocenters. The van der Waals surface area contributed by atoms with Crippen molar-refractivity contribution >= 4 is 11.0 Å². The number of nitrogens with two attached hydrogens (primary N) is 1. The predicted octanol–water partition coefficient (Wildman–Crippen LogP) is 1.05. The monoisotopic (exact) mass is 221 g/mol. The van der Waals surface area contributed by atoms with Crippen molar-refractivity contribution in [3.8, 4) is 11.5 Å². The largest absolute Gasteiger partial charge is 0.493 e. The van der Waals surface area contributed by atoms with Gasteiger partial charge in [0.25, 0.3) is 0 Å². The molecular weight excluding hydrogens is 206 g/mol. The molecule has 1 aromatic heterocycles.